The third-order valence-electron chi connectivity index (χ3n) is 4.46. The molecule has 2 aromatic rings. The van der Waals surface area contributed by atoms with Crippen molar-refractivity contribution in [1.29, 1.82) is 0 Å². The molecule has 134 valence electrons. The molecule has 0 aliphatic carbocycles. The highest BCUT2D eigenvalue weighted by Crippen LogP contribution is 2.35. The molecule has 2 heterocycles. The van der Waals surface area contributed by atoms with Crippen LogP contribution in [0.15, 0.2) is 36.5 Å². The number of para-hydroxylation sites is 1. The minimum absolute atomic E-state index is 0.0163. The average Bonchev–Trinajstić information content (AvgIpc) is 2.98. The molecule has 2 atom stereocenters. The van der Waals surface area contributed by atoms with Crippen LogP contribution >= 0.6 is 0 Å². The monoisotopic (exact) mass is 353 g/mol. The predicted octanol–water partition coefficient (Wildman–Crippen LogP) is 2.63. The van der Waals surface area contributed by atoms with Crippen LogP contribution in [0.1, 0.15) is 31.0 Å². The molecular weight excluding hydrogens is 335 g/mol. The molecule has 0 spiro atoms. The number of amides is 1. The number of halogens is 3. The first-order valence-electron chi connectivity index (χ1n) is 7.83. The predicted molar refractivity (Wildman–Crippen MR) is 84.1 cm³/mol. The maximum atomic E-state index is 12.9. The van der Waals surface area contributed by atoms with Gasteiger partial charge in [0.1, 0.15) is 0 Å². The highest BCUT2D eigenvalue weighted by Gasteiger charge is 2.57. The SMILES string of the molecule is CC1CN(C(=O)C(C)(O)C(F)(F)F)Cc2cnn(-c3ccccc3)c21. The van der Waals surface area contributed by atoms with E-state index in [-0.39, 0.29) is 19.0 Å². The number of aliphatic hydroxyl groups is 1. The standard InChI is InChI=1S/C17H18F3N3O2/c1-11-9-22(15(24)16(2,25)17(18,19)20)10-12-8-21-23(14(11)12)13-6-4-3-5-7-13/h3-8,11,25H,9-10H2,1-2H3. The summed E-state index contributed by atoms with van der Waals surface area (Å²) < 4.78 is 40.6. The van der Waals surface area contributed by atoms with Gasteiger partial charge in [-0.25, -0.2) is 4.68 Å². The molecule has 0 radical (unpaired) electrons. The fourth-order valence-corrected chi connectivity index (χ4v) is 3.08. The van der Waals surface area contributed by atoms with Crippen molar-refractivity contribution >= 4 is 5.91 Å². The number of alkyl halides is 3. The largest absolute Gasteiger partial charge is 0.426 e. The summed E-state index contributed by atoms with van der Waals surface area (Å²) in [6, 6.07) is 9.38. The van der Waals surface area contributed by atoms with E-state index in [2.05, 4.69) is 5.10 Å². The first kappa shape index (κ1) is 17.5. The highest BCUT2D eigenvalue weighted by atomic mass is 19.4. The number of hydrogen-bond donors (Lipinski definition) is 1. The summed E-state index contributed by atoms with van der Waals surface area (Å²) in [6.45, 7) is 2.37. The molecule has 1 aromatic heterocycles. The van der Waals surface area contributed by atoms with Crippen LogP contribution in [0.4, 0.5) is 13.2 Å². The van der Waals surface area contributed by atoms with Crippen LogP contribution in [0.2, 0.25) is 0 Å². The number of nitrogens with zero attached hydrogens (tertiary/aromatic N) is 3. The number of rotatable bonds is 2. The summed E-state index contributed by atoms with van der Waals surface area (Å²) in [4.78, 5) is 13.3. The van der Waals surface area contributed by atoms with Gasteiger partial charge in [-0.1, -0.05) is 25.1 Å². The van der Waals surface area contributed by atoms with Gasteiger partial charge in [0.15, 0.2) is 0 Å². The number of carbonyl (C=O) groups is 1. The second-order valence-electron chi connectivity index (χ2n) is 6.46. The van der Waals surface area contributed by atoms with E-state index in [1.807, 2.05) is 37.3 Å². The smallest absolute Gasteiger partial charge is 0.373 e. The number of carbonyl (C=O) groups excluding carboxylic acids is 1. The van der Waals surface area contributed by atoms with Crippen LogP contribution < -0.4 is 0 Å². The summed E-state index contributed by atoms with van der Waals surface area (Å²) >= 11 is 0. The Balaban J connectivity index is 1.91. The van der Waals surface area contributed by atoms with Crippen molar-refractivity contribution in [1.82, 2.24) is 14.7 Å². The van der Waals surface area contributed by atoms with Crippen molar-refractivity contribution in [3.63, 3.8) is 0 Å². The molecule has 1 aliphatic heterocycles. The van der Waals surface area contributed by atoms with Gasteiger partial charge in [-0.15, -0.1) is 0 Å². The van der Waals surface area contributed by atoms with Crippen LogP contribution in [-0.4, -0.2) is 44.0 Å². The lowest BCUT2D eigenvalue weighted by Gasteiger charge is -2.36. The molecular formula is C17H18F3N3O2. The molecule has 25 heavy (non-hydrogen) atoms. The minimum Gasteiger partial charge on any atom is -0.373 e. The van der Waals surface area contributed by atoms with Crippen molar-refractivity contribution < 1.29 is 23.1 Å². The van der Waals surface area contributed by atoms with Crippen LogP contribution in [0.3, 0.4) is 0 Å². The van der Waals surface area contributed by atoms with Gasteiger partial charge in [-0.2, -0.15) is 18.3 Å². The number of aromatic nitrogens is 2. The second kappa shape index (κ2) is 5.87. The molecule has 1 aromatic carbocycles. The van der Waals surface area contributed by atoms with Crippen molar-refractivity contribution in [3.05, 3.63) is 47.8 Å². The Bertz CT molecular complexity index is 784. The lowest BCUT2D eigenvalue weighted by molar-refractivity contribution is -0.250. The van der Waals surface area contributed by atoms with Crippen LogP contribution in [-0.2, 0) is 11.3 Å². The molecule has 8 heteroatoms. The molecule has 0 saturated carbocycles. The normalized spacial score (nSPS) is 20.1. The summed E-state index contributed by atoms with van der Waals surface area (Å²) in [5.74, 6) is -1.57. The van der Waals surface area contributed by atoms with E-state index in [1.54, 1.807) is 10.9 Å². The summed E-state index contributed by atoms with van der Waals surface area (Å²) in [6.07, 6.45) is -3.47. The van der Waals surface area contributed by atoms with Gasteiger partial charge in [0.05, 0.1) is 17.6 Å². The zero-order valence-electron chi connectivity index (χ0n) is 13.8. The zero-order chi connectivity index (χ0) is 18.4. The van der Waals surface area contributed by atoms with Gasteiger partial charge in [0.25, 0.3) is 5.91 Å². The Hall–Kier alpha value is -2.35. The van der Waals surface area contributed by atoms with E-state index in [0.717, 1.165) is 16.3 Å². The molecule has 5 nitrogen and oxygen atoms in total. The molecule has 2 unspecified atom stereocenters. The van der Waals surface area contributed by atoms with Gasteiger partial charge in [-0.05, 0) is 19.1 Å². The van der Waals surface area contributed by atoms with Gasteiger partial charge < -0.3 is 10.0 Å². The third-order valence-corrected chi connectivity index (χ3v) is 4.46. The third kappa shape index (κ3) is 2.90. The van der Waals surface area contributed by atoms with Gasteiger partial charge >= 0.3 is 6.18 Å². The highest BCUT2D eigenvalue weighted by molar-refractivity contribution is 5.85. The van der Waals surface area contributed by atoms with E-state index in [0.29, 0.717) is 12.5 Å². The Morgan fingerprint density at radius 2 is 1.92 bits per heavy atom. The van der Waals surface area contributed by atoms with Gasteiger partial charge in [-0.3, -0.25) is 4.79 Å². The number of hydrogen-bond acceptors (Lipinski definition) is 3. The zero-order valence-corrected chi connectivity index (χ0v) is 13.8. The van der Waals surface area contributed by atoms with Crippen molar-refractivity contribution in [2.45, 2.75) is 38.1 Å². The van der Waals surface area contributed by atoms with E-state index in [1.165, 1.54) is 0 Å². The van der Waals surface area contributed by atoms with Gasteiger partial charge in [0, 0.05) is 24.6 Å². The maximum Gasteiger partial charge on any atom is 0.426 e. The Labute approximate surface area is 142 Å². The van der Waals surface area contributed by atoms with Crippen molar-refractivity contribution in [3.8, 4) is 5.69 Å². The van der Waals surface area contributed by atoms with E-state index >= 15 is 0 Å². The van der Waals surface area contributed by atoms with Crippen molar-refractivity contribution in [2.24, 2.45) is 0 Å². The van der Waals surface area contributed by atoms with E-state index in [9.17, 15) is 23.1 Å². The van der Waals surface area contributed by atoms with Crippen molar-refractivity contribution in [2.75, 3.05) is 6.54 Å². The minimum atomic E-state index is -5.03. The topological polar surface area (TPSA) is 58.4 Å². The Morgan fingerprint density at radius 1 is 1.28 bits per heavy atom. The molecule has 1 aliphatic rings. The number of fused-ring (bicyclic) bond motifs is 1. The van der Waals surface area contributed by atoms with E-state index in [4.69, 9.17) is 0 Å². The molecule has 0 bridgehead atoms. The molecule has 0 fully saturated rings. The first-order valence-corrected chi connectivity index (χ1v) is 7.83. The summed E-state index contributed by atoms with van der Waals surface area (Å²) in [5, 5.41) is 14.0. The maximum absolute atomic E-state index is 12.9. The van der Waals surface area contributed by atoms with Crippen LogP contribution in [0.25, 0.3) is 5.69 Å². The lowest BCUT2D eigenvalue weighted by Crippen LogP contribution is -2.57. The van der Waals surface area contributed by atoms with Crippen LogP contribution in [0, 0.1) is 0 Å². The Morgan fingerprint density at radius 3 is 2.52 bits per heavy atom. The summed E-state index contributed by atoms with van der Waals surface area (Å²) in [7, 11) is 0. The first-order chi connectivity index (χ1) is 11.6. The van der Waals surface area contributed by atoms with Gasteiger partial charge in [0.2, 0.25) is 5.60 Å². The average molecular weight is 353 g/mol. The second-order valence-corrected chi connectivity index (χ2v) is 6.46. The molecule has 1 amide bonds. The fraction of sp³-hybridized carbons (Fsp3) is 0.412. The molecule has 3 rings (SSSR count). The molecule has 1 N–H and O–H groups in total. The number of benzene rings is 1. The lowest BCUT2D eigenvalue weighted by atomic mass is 9.95. The van der Waals surface area contributed by atoms with Crippen LogP contribution in [0.5, 0.6) is 0 Å². The Kier molecular flexibility index (Phi) is 4.10. The van der Waals surface area contributed by atoms with E-state index < -0.39 is 17.7 Å². The fourth-order valence-electron chi connectivity index (χ4n) is 3.08. The quantitative estimate of drug-likeness (QED) is 0.903. The molecule has 0 saturated heterocycles. The summed E-state index contributed by atoms with van der Waals surface area (Å²) in [5.41, 5.74) is -1.02.